The molecule has 0 aliphatic heterocycles. The number of fused-ring (bicyclic) bond motifs is 1. The van der Waals surface area contributed by atoms with Crippen LogP contribution in [0.5, 0.6) is 5.75 Å². The fourth-order valence-corrected chi connectivity index (χ4v) is 3.08. The van der Waals surface area contributed by atoms with E-state index >= 15 is 0 Å². The molecule has 0 saturated heterocycles. The lowest BCUT2D eigenvalue weighted by molar-refractivity contribution is 0.343. The lowest BCUT2D eigenvalue weighted by atomic mass is 9.87. The van der Waals surface area contributed by atoms with E-state index in [2.05, 4.69) is 4.98 Å². The summed E-state index contributed by atoms with van der Waals surface area (Å²) in [6, 6.07) is 5.77. The Morgan fingerprint density at radius 1 is 1.19 bits per heavy atom. The third-order valence-electron chi connectivity index (χ3n) is 4.04. The molecule has 110 valence electrons. The number of aromatic nitrogens is 1. The molecular formula is C17H20N2O2. The quantitative estimate of drug-likeness (QED) is 0.852. The molecule has 0 radical (unpaired) electrons. The first kappa shape index (κ1) is 13.7. The average Bonchev–Trinajstić information content (AvgIpc) is 2.51. The Labute approximate surface area is 124 Å². The third-order valence-corrected chi connectivity index (χ3v) is 4.04. The van der Waals surface area contributed by atoms with Crippen molar-refractivity contribution in [2.24, 2.45) is 0 Å². The Morgan fingerprint density at radius 2 is 1.95 bits per heavy atom. The molecule has 3 rings (SSSR count). The first-order valence-corrected chi connectivity index (χ1v) is 7.47. The van der Waals surface area contributed by atoms with Gasteiger partial charge in [0, 0.05) is 22.9 Å². The van der Waals surface area contributed by atoms with E-state index in [-0.39, 0.29) is 5.56 Å². The first-order chi connectivity index (χ1) is 10.2. The highest BCUT2D eigenvalue weighted by molar-refractivity contribution is 5.79. The van der Waals surface area contributed by atoms with Crippen LogP contribution in [-0.4, -0.2) is 11.6 Å². The van der Waals surface area contributed by atoms with Crippen LogP contribution >= 0.6 is 0 Å². The van der Waals surface area contributed by atoms with Crippen LogP contribution in [0.1, 0.15) is 30.9 Å². The van der Waals surface area contributed by atoms with E-state index in [0.29, 0.717) is 18.0 Å². The minimum absolute atomic E-state index is 0.0373. The minimum atomic E-state index is 0.0373. The highest BCUT2D eigenvalue weighted by Crippen LogP contribution is 2.38. The van der Waals surface area contributed by atoms with E-state index in [1.165, 1.54) is 0 Å². The van der Waals surface area contributed by atoms with Crippen molar-refractivity contribution < 1.29 is 4.74 Å². The number of hydrogen-bond acceptors (Lipinski definition) is 3. The van der Waals surface area contributed by atoms with Crippen LogP contribution in [0.15, 0.2) is 29.2 Å². The first-order valence-electron chi connectivity index (χ1n) is 7.47. The standard InChI is InChI=1S/C17H20N2O2/c1-2-21-16-12(8-5-9-15(16)18)14-10-19-17(20)13-7-4-3-6-11(13)14/h5,8-10H,2-4,6-7,18H2,1H3,(H,19,20). The minimum Gasteiger partial charge on any atom is -0.491 e. The number of nitrogens with two attached hydrogens (primary N) is 1. The molecule has 21 heavy (non-hydrogen) atoms. The summed E-state index contributed by atoms with van der Waals surface area (Å²) >= 11 is 0. The van der Waals surface area contributed by atoms with Crippen molar-refractivity contribution in [1.29, 1.82) is 0 Å². The molecule has 1 aliphatic carbocycles. The summed E-state index contributed by atoms with van der Waals surface area (Å²) in [5.74, 6) is 0.708. The van der Waals surface area contributed by atoms with E-state index in [4.69, 9.17) is 10.5 Å². The van der Waals surface area contributed by atoms with Crippen molar-refractivity contribution in [3.63, 3.8) is 0 Å². The topological polar surface area (TPSA) is 68.1 Å². The molecule has 0 fully saturated rings. The van der Waals surface area contributed by atoms with Gasteiger partial charge >= 0.3 is 0 Å². The molecule has 0 amide bonds. The number of ether oxygens (including phenoxy) is 1. The fraction of sp³-hybridized carbons (Fsp3) is 0.353. The fourth-order valence-electron chi connectivity index (χ4n) is 3.08. The Kier molecular flexibility index (Phi) is 3.69. The molecule has 0 spiro atoms. The molecule has 0 unspecified atom stereocenters. The predicted octanol–water partition coefficient (Wildman–Crippen LogP) is 2.90. The smallest absolute Gasteiger partial charge is 0.251 e. The van der Waals surface area contributed by atoms with Gasteiger partial charge in [0.1, 0.15) is 5.75 Å². The summed E-state index contributed by atoms with van der Waals surface area (Å²) < 4.78 is 5.73. The van der Waals surface area contributed by atoms with Crippen LogP contribution in [0.2, 0.25) is 0 Å². The molecule has 4 nitrogen and oxygen atoms in total. The van der Waals surface area contributed by atoms with E-state index in [0.717, 1.165) is 47.9 Å². The lowest BCUT2D eigenvalue weighted by Gasteiger charge is -2.20. The van der Waals surface area contributed by atoms with Crippen molar-refractivity contribution >= 4 is 5.69 Å². The van der Waals surface area contributed by atoms with E-state index in [1.54, 1.807) is 6.20 Å². The van der Waals surface area contributed by atoms with Crippen molar-refractivity contribution in [2.45, 2.75) is 32.6 Å². The summed E-state index contributed by atoms with van der Waals surface area (Å²) in [7, 11) is 0. The number of rotatable bonds is 3. The SMILES string of the molecule is CCOc1c(N)cccc1-c1c[nH]c(=O)c2c1CCCC2. The molecule has 0 saturated carbocycles. The van der Waals surface area contributed by atoms with Crippen molar-refractivity contribution in [2.75, 3.05) is 12.3 Å². The van der Waals surface area contributed by atoms with Gasteiger partial charge in [0.25, 0.3) is 5.56 Å². The van der Waals surface area contributed by atoms with Crippen LogP contribution in [0.3, 0.4) is 0 Å². The maximum atomic E-state index is 12.0. The summed E-state index contributed by atoms with van der Waals surface area (Å²) in [5, 5.41) is 0. The zero-order chi connectivity index (χ0) is 14.8. The average molecular weight is 284 g/mol. The van der Waals surface area contributed by atoms with Gasteiger partial charge in [0.15, 0.2) is 0 Å². The van der Waals surface area contributed by atoms with Crippen LogP contribution in [0.4, 0.5) is 5.69 Å². The second-order valence-electron chi connectivity index (χ2n) is 5.35. The Balaban J connectivity index is 2.22. The van der Waals surface area contributed by atoms with Gasteiger partial charge in [-0.1, -0.05) is 12.1 Å². The number of aromatic amines is 1. The second-order valence-corrected chi connectivity index (χ2v) is 5.35. The van der Waals surface area contributed by atoms with Gasteiger partial charge in [-0.15, -0.1) is 0 Å². The highest BCUT2D eigenvalue weighted by atomic mass is 16.5. The molecule has 1 aliphatic rings. The molecule has 4 heteroatoms. The van der Waals surface area contributed by atoms with Crippen LogP contribution in [-0.2, 0) is 12.8 Å². The van der Waals surface area contributed by atoms with Gasteiger partial charge < -0.3 is 15.5 Å². The third kappa shape index (κ3) is 2.42. The van der Waals surface area contributed by atoms with Gasteiger partial charge in [-0.25, -0.2) is 0 Å². The molecule has 3 N–H and O–H groups in total. The number of benzene rings is 1. The van der Waals surface area contributed by atoms with E-state index in [9.17, 15) is 4.79 Å². The molecule has 2 aromatic rings. The number of nitrogen functional groups attached to an aromatic ring is 1. The van der Waals surface area contributed by atoms with Crippen LogP contribution in [0.25, 0.3) is 11.1 Å². The number of hydrogen-bond donors (Lipinski definition) is 2. The van der Waals surface area contributed by atoms with E-state index in [1.807, 2.05) is 25.1 Å². The van der Waals surface area contributed by atoms with Crippen molar-refractivity contribution in [3.05, 3.63) is 45.9 Å². The normalized spacial score (nSPS) is 13.8. The summed E-state index contributed by atoms with van der Waals surface area (Å²) in [6.07, 6.45) is 5.79. The Bertz CT molecular complexity index is 719. The monoisotopic (exact) mass is 284 g/mol. The van der Waals surface area contributed by atoms with Crippen molar-refractivity contribution in [3.8, 4) is 16.9 Å². The molecule has 1 heterocycles. The number of para-hydroxylation sites is 1. The number of nitrogens with one attached hydrogen (secondary N) is 1. The Morgan fingerprint density at radius 3 is 2.71 bits per heavy atom. The second kappa shape index (κ2) is 5.64. The van der Waals surface area contributed by atoms with Gasteiger partial charge in [-0.3, -0.25) is 4.79 Å². The molecule has 0 atom stereocenters. The summed E-state index contributed by atoms with van der Waals surface area (Å²) in [6.45, 7) is 2.51. The lowest BCUT2D eigenvalue weighted by Crippen LogP contribution is -2.19. The van der Waals surface area contributed by atoms with Gasteiger partial charge in [-0.2, -0.15) is 0 Å². The molecule has 1 aromatic heterocycles. The highest BCUT2D eigenvalue weighted by Gasteiger charge is 2.20. The number of H-pyrrole nitrogens is 1. The van der Waals surface area contributed by atoms with E-state index < -0.39 is 0 Å². The van der Waals surface area contributed by atoms with Crippen molar-refractivity contribution in [1.82, 2.24) is 4.98 Å². The summed E-state index contributed by atoms with van der Waals surface area (Å²) in [4.78, 5) is 14.9. The van der Waals surface area contributed by atoms with Gasteiger partial charge in [-0.05, 0) is 44.2 Å². The predicted molar refractivity (Wildman–Crippen MR) is 84.7 cm³/mol. The molecular weight excluding hydrogens is 264 g/mol. The maximum absolute atomic E-state index is 12.0. The largest absolute Gasteiger partial charge is 0.491 e. The molecule has 0 bridgehead atoms. The summed E-state index contributed by atoms with van der Waals surface area (Å²) in [5.41, 5.74) is 10.8. The number of anilines is 1. The molecule has 1 aromatic carbocycles. The van der Waals surface area contributed by atoms with Crippen LogP contribution < -0.4 is 16.0 Å². The van der Waals surface area contributed by atoms with Gasteiger partial charge in [0.05, 0.1) is 12.3 Å². The Hall–Kier alpha value is -2.23. The van der Waals surface area contributed by atoms with Crippen LogP contribution in [0, 0.1) is 0 Å². The van der Waals surface area contributed by atoms with Gasteiger partial charge in [0.2, 0.25) is 0 Å². The zero-order valence-corrected chi connectivity index (χ0v) is 12.2. The maximum Gasteiger partial charge on any atom is 0.251 e. The zero-order valence-electron chi connectivity index (χ0n) is 12.2. The number of pyridine rings is 1.